The summed E-state index contributed by atoms with van der Waals surface area (Å²) in [6, 6.07) is 8.63. The van der Waals surface area contributed by atoms with Crippen molar-refractivity contribution in [1.82, 2.24) is 10.2 Å². The van der Waals surface area contributed by atoms with Crippen molar-refractivity contribution in [2.24, 2.45) is 0 Å². The number of nitrogens with zero attached hydrogens (tertiary/aromatic N) is 1. The quantitative estimate of drug-likeness (QED) is 0.866. The lowest BCUT2D eigenvalue weighted by Crippen LogP contribution is -2.51. The van der Waals surface area contributed by atoms with Crippen molar-refractivity contribution in [2.45, 2.75) is 46.2 Å². The molecule has 116 valence electrons. The zero-order chi connectivity index (χ0) is 15.6. The van der Waals surface area contributed by atoms with Crippen molar-refractivity contribution in [3.63, 3.8) is 0 Å². The number of likely N-dealkylation sites (N-methyl/N-ethyl adjacent to an activating group) is 2. The highest BCUT2D eigenvalue weighted by Gasteiger charge is 2.36. The predicted octanol–water partition coefficient (Wildman–Crippen LogP) is 4.12. The Morgan fingerprint density at radius 3 is 2.43 bits per heavy atom. The summed E-state index contributed by atoms with van der Waals surface area (Å²) in [5, 5.41) is 4.63. The van der Waals surface area contributed by atoms with Crippen LogP contribution in [0.4, 0.5) is 0 Å². The summed E-state index contributed by atoms with van der Waals surface area (Å²) in [5.74, 6) is 1.01. The molecular formula is C18H28N2O. The predicted molar refractivity (Wildman–Crippen MR) is 89.8 cm³/mol. The van der Waals surface area contributed by atoms with Gasteiger partial charge in [0.1, 0.15) is 11.3 Å². The SMILES string of the molecule is CCN(CC)C(C)(C)C(NC)c1cc2cccc(C)c2o1. The molecule has 0 radical (unpaired) electrons. The van der Waals surface area contributed by atoms with Gasteiger partial charge in [-0.15, -0.1) is 0 Å². The summed E-state index contributed by atoms with van der Waals surface area (Å²) in [4.78, 5) is 2.47. The minimum absolute atomic E-state index is 0.0139. The van der Waals surface area contributed by atoms with Crippen LogP contribution < -0.4 is 5.32 Å². The second-order valence-corrected chi connectivity index (χ2v) is 6.19. The highest BCUT2D eigenvalue weighted by atomic mass is 16.3. The van der Waals surface area contributed by atoms with Gasteiger partial charge in [0, 0.05) is 10.9 Å². The second-order valence-electron chi connectivity index (χ2n) is 6.19. The van der Waals surface area contributed by atoms with Crippen molar-refractivity contribution >= 4 is 11.0 Å². The van der Waals surface area contributed by atoms with Gasteiger partial charge < -0.3 is 9.73 Å². The molecule has 2 rings (SSSR count). The van der Waals surface area contributed by atoms with Crippen LogP contribution in [-0.2, 0) is 0 Å². The van der Waals surface area contributed by atoms with Crippen LogP contribution in [0.3, 0.4) is 0 Å². The monoisotopic (exact) mass is 288 g/mol. The van der Waals surface area contributed by atoms with Gasteiger partial charge in [-0.3, -0.25) is 4.90 Å². The zero-order valence-corrected chi connectivity index (χ0v) is 14.2. The fourth-order valence-electron chi connectivity index (χ4n) is 3.44. The van der Waals surface area contributed by atoms with Crippen molar-refractivity contribution < 1.29 is 4.42 Å². The van der Waals surface area contributed by atoms with Gasteiger partial charge in [0.05, 0.1) is 6.04 Å². The van der Waals surface area contributed by atoms with Crippen LogP contribution in [0.15, 0.2) is 28.7 Å². The number of furan rings is 1. The Kier molecular flexibility index (Phi) is 4.74. The lowest BCUT2D eigenvalue weighted by atomic mass is 9.90. The molecule has 0 aliphatic carbocycles. The van der Waals surface area contributed by atoms with Crippen LogP contribution in [0.5, 0.6) is 0 Å². The van der Waals surface area contributed by atoms with Gasteiger partial charge in [-0.2, -0.15) is 0 Å². The van der Waals surface area contributed by atoms with Crippen LogP contribution in [-0.4, -0.2) is 30.6 Å². The summed E-state index contributed by atoms with van der Waals surface area (Å²) < 4.78 is 6.19. The van der Waals surface area contributed by atoms with E-state index in [-0.39, 0.29) is 11.6 Å². The Morgan fingerprint density at radius 2 is 1.90 bits per heavy atom. The average Bonchev–Trinajstić information content (AvgIpc) is 2.85. The highest BCUT2D eigenvalue weighted by molar-refractivity contribution is 5.81. The fourth-order valence-corrected chi connectivity index (χ4v) is 3.44. The molecule has 1 aromatic carbocycles. The van der Waals surface area contributed by atoms with E-state index in [2.05, 4.69) is 69.1 Å². The van der Waals surface area contributed by atoms with Gasteiger partial charge >= 0.3 is 0 Å². The van der Waals surface area contributed by atoms with Gasteiger partial charge in [0.15, 0.2) is 0 Å². The Bertz CT molecular complexity index is 596. The van der Waals surface area contributed by atoms with Gasteiger partial charge in [-0.1, -0.05) is 32.0 Å². The van der Waals surface area contributed by atoms with E-state index in [0.717, 1.165) is 24.4 Å². The lowest BCUT2D eigenvalue weighted by Gasteiger charge is -2.42. The highest BCUT2D eigenvalue weighted by Crippen LogP contribution is 2.34. The third-order valence-corrected chi connectivity index (χ3v) is 4.62. The number of aryl methyl sites for hydroxylation is 1. The van der Waals surface area contributed by atoms with E-state index in [1.165, 1.54) is 10.9 Å². The number of para-hydroxylation sites is 1. The maximum Gasteiger partial charge on any atom is 0.137 e. The van der Waals surface area contributed by atoms with E-state index in [1.807, 2.05) is 7.05 Å². The first-order valence-corrected chi connectivity index (χ1v) is 7.87. The van der Waals surface area contributed by atoms with Gasteiger partial charge in [-0.25, -0.2) is 0 Å². The van der Waals surface area contributed by atoms with E-state index in [1.54, 1.807) is 0 Å². The standard InChI is InChI=1S/C18H28N2O/c1-7-20(8-2)18(4,5)17(19-6)15-12-14-11-9-10-13(3)16(14)21-15/h9-12,17,19H,7-8H2,1-6H3. The van der Waals surface area contributed by atoms with Gasteiger partial charge in [0.2, 0.25) is 0 Å². The molecule has 1 heterocycles. The smallest absolute Gasteiger partial charge is 0.137 e. The molecule has 0 aliphatic heterocycles. The van der Waals surface area contributed by atoms with Crippen molar-refractivity contribution in [3.8, 4) is 0 Å². The Morgan fingerprint density at radius 1 is 1.24 bits per heavy atom. The number of rotatable bonds is 6. The largest absolute Gasteiger partial charge is 0.459 e. The molecule has 0 aliphatic rings. The van der Waals surface area contributed by atoms with E-state index in [9.17, 15) is 0 Å². The Balaban J connectivity index is 2.46. The molecule has 0 amide bonds. The van der Waals surface area contributed by atoms with E-state index < -0.39 is 0 Å². The maximum absolute atomic E-state index is 6.19. The number of hydrogen-bond acceptors (Lipinski definition) is 3. The summed E-state index contributed by atoms with van der Waals surface area (Å²) in [6.45, 7) is 13.1. The fraction of sp³-hybridized carbons (Fsp3) is 0.556. The van der Waals surface area contributed by atoms with Crippen LogP contribution >= 0.6 is 0 Å². The number of benzene rings is 1. The molecule has 0 bridgehead atoms. The van der Waals surface area contributed by atoms with Crippen LogP contribution in [0.2, 0.25) is 0 Å². The number of hydrogen-bond donors (Lipinski definition) is 1. The zero-order valence-electron chi connectivity index (χ0n) is 14.2. The summed E-state index contributed by atoms with van der Waals surface area (Å²) in [6.07, 6.45) is 0. The first-order valence-electron chi connectivity index (χ1n) is 7.87. The van der Waals surface area contributed by atoms with Crippen molar-refractivity contribution in [1.29, 1.82) is 0 Å². The maximum atomic E-state index is 6.19. The average molecular weight is 288 g/mol. The van der Waals surface area contributed by atoms with Crippen molar-refractivity contribution in [3.05, 3.63) is 35.6 Å². The molecule has 0 saturated heterocycles. The molecule has 1 atom stereocenters. The molecule has 21 heavy (non-hydrogen) atoms. The summed E-state index contributed by atoms with van der Waals surface area (Å²) in [5.41, 5.74) is 2.18. The summed E-state index contributed by atoms with van der Waals surface area (Å²) in [7, 11) is 2.01. The molecule has 3 nitrogen and oxygen atoms in total. The van der Waals surface area contributed by atoms with E-state index in [0.29, 0.717) is 0 Å². The molecule has 1 unspecified atom stereocenters. The number of nitrogens with one attached hydrogen (secondary N) is 1. The number of fused-ring (bicyclic) bond motifs is 1. The molecule has 3 heteroatoms. The first kappa shape index (κ1) is 16.1. The molecule has 2 aromatic rings. The molecule has 0 saturated carbocycles. The second kappa shape index (κ2) is 6.20. The normalized spacial score (nSPS) is 14.0. The van der Waals surface area contributed by atoms with Crippen LogP contribution in [0.1, 0.15) is 45.1 Å². The molecule has 0 fully saturated rings. The molecule has 0 spiro atoms. The van der Waals surface area contributed by atoms with Gasteiger partial charge in [0.25, 0.3) is 0 Å². The lowest BCUT2D eigenvalue weighted by molar-refractivity contribution is 0.0860. The minimum atomic E-state index is -0.0139. The minimum Gasteiger partial charge on any atom is -0.459 e. The third kappa shape index (κ3) is 2.85. The van der Waals surface area contributed by atoms with Crippen LogP contribution in [0.25, 0.3) is 11.0 Å². The Hall–Kier alpha value is -1.32. The van der Waals surface area contributed by atoms with E-state index in [4.69, 9.17) is 4.42 Å². The van der Waals surface area contributed by atoms with E-state index >= 15 is 0 Å². The van der Waals surface area contributed by atoms with Gasteiger partial charge in [-0.05, 0) is 52.5 Å². The molecular weight excluding hydrogens is 260 g/mol. The molecule has 1 N–H and O–H groups in total. The van der Waals surface area contributed by atoms with Crippen molar-refractivity contribution in [2.75, 3.05) is 20.1 Å². The van der Waals surface area contributed by atoms with Crippen LogP contribution in [0, 0.1) is 6.92 Å². The first-order chi connectivity index (χ1) is 9.95. The molecule has 1 aromatic heterocycles. The Labute approximate surface area is 128 Å². The topological polar surface area (TPSA) is 28.4 Å². The third-order valence-electron chi connectivity index (χ3n) is 4.62. The summed E-state index contributed by atoms with van der Waals surface area (Å²) >= 11 is 0.